The van der Waals surface area contributed by atoms with Crippen LogP contribution in [0.1, 0.15) is 48.9 Å². The number of amides is 1. The van der Waals surface area contributed by atoms with Crippen molar-refractivity contribution in [2.75, 3.05) is 13.1 Å². The van der Waals surface area contributed by atoms with Crippen molar-refractivity contribution in [2.45, 2.75) is 44.6 Å². The topological polar surface area (TPSA) is 75.5 Å². The van der Waals surface area contributed by atoms with E-state index in [9.17, 15) is 9.59 Å². The minimum Gasteiger partial charge on any atom is -0.351 e. The fourth-order valence-electron chi connectivity index (χ4n) is 3.21. The van der Waals surface area contributed by atoms with Crippen LogP contribution in [0.25, 0.3) is 5.65 Å². The van der Waals surface area contributed by atoms with Crippen LogP contribution in [-0.2, 0) is 0 Å². The SMILES string of the molecule is O=C(NCCNC1CCCCCC1)c1cnc2ccccn2c1=O. The maximum atomic E-state index is 12.3. The number of nitrogens with zero attached hydrogens (tertiary/aromatic N) is 2. The number of pyridine rings is 1. The van der Waals surface area contributed by atoms with Gasteiger partial charge in [0.25, 0.3) is 11.5 Å². The number of hydrogen-bond acceptors (Lipinski definition) is 4. The van der Waals surface area contributed by atoms with Crippen molar-refractivity contribution in [2.24, 2.45) is 0 Å². The highest BCUT2D eigenvalue weighted by molar-refractivity contribution is 5.93. The third-order valence-electron chi connectivity index (χ3n) is 4.56. The predicted octanol–water partition coefficient (Wildman–Crippen LogP) is 1.74. The molecule has 6 nitrogen and oxygen atoms in total. The zero-order valence-electron chi connectivity index (χ0n) is 13.8. The third kappa shape index (κ3) is 4.00. The molecule has 1 saturated carbocycles. The summed E-state index contributed by atoms with van der Waals surface area (Å²) in [7, 11) is 0. The first-order chi connectivity index (χ1) is 11.8. The molecule has 1 aliphatic carbocycles. The van der Waals surface area contributed by atoms with Crippen LogP contribution in [0, 0.1) is 0 Å². The second kappa shape index (κ2) is 8.06. The van der Waals surface area contributed by atoms with E-state index in [-0.39, 0.29) is 17.0 Å². The Hall–Kier alpha value is -2.21. The zero-order valence-corrected chi connectivity index (χ0v) is 13.8. The van der Waals surface area contributed by atoms with Crippen LogP contribution >= 0.6 is 0 Å². The molecule has 1 amide bonds. The quantitative estimate of drug-likeness (QED) is 0.647. The molecule has 0 aromatic carbocycles. The number of rotatable bonds is 5. The average molecular weight is 328 g/mol. The zero-order chi connectivity index (χ0) is 16.8. The molecule has 2 aromatic heterocycles. The third-order valence-corrected chi connectivity index (χ3v) is 4.56. The molecular formula is C18H24N4O2. The lowest BCUT2D eigenvalue weighted by molar-refractivity contribution is 0.0951. The smallest absolute Gasteiger partial charge is 0.270 e. The van der Waals surface area contributed by atoms with Gasteiger partial charge in [0.15, 0.2) is 0 Å². The molecule has 2 N–H and O–H groups in total. The molecule has 2 heterocycles. The van der Waals surface area contributed by atoms with Gasteiger partial charge in [0.1, 0.15) is 11.2 Å². The number of carbonyl (C=O) groups is 1. The van der Waals surface area contributed by atoms with Crippen molar-refractivity contribution in [1.29, 1.82) is 0 Å². The lowest BCUT2D eigenvalue weighted by Gasteiger charge is -2.16. The maximum absolute atomic E-state index is 12.3. The van der Waals surface area contributed by atoms with E-state index in [0.29, 0.717) is 18.2 Å². The summed E-state index contributed by atoms with van der Waals surface area (Å²) in [5.74, 6) is -0.367. The van der Waals surface area contributed by atoms with Crippen LogP contribution in [0.4, 0.5) is 0 Å². The van der Waals surface area contributed by atoms with Gasteiger partial charge in [-0.3, -0.25) is 14.0 Å². The molecule has 0 bridgehead atoms. The predicted molar refractivity (Wildman–Crippen MR) is 93.3 cm³/mol. The fraction of sp³-hybridized carbons (Fsp3) is 0.500. The standard InChI is InChI=1S/C18H24N4O2/c23-17(20-11-10-19-14-7-3-1-2-4-8-14)15-13-21-16-9-5-6-12-22(16)18(15)24/h5-6,9,12-14,19H,1-4,7-8,10-11H2,(H,20,23). The van der Waals surface area contributed by atoms with Gasteiger partial charge in [0.05, 0.1) is 0 Å². The molecule has 0 saturated heterocycles. The first-order valence-corrected chi connectivity index (χ1v) is 8.74. The lowest BCUT2D eigenvalue weighted by atomic mass is 10.1. The van der Waals surface area contributed by atoms with E-state index in [1.165, 1.54) is 49.1 Å². The van der Waals surface area contributed by atoms with Gasteiger partial charge in [0, 0.05) is 31.5 Å². The van der Waals surface area contributed by atoms with E-state index >= 15 is 0 Å². The summed E-state index contributed by atoms with van der Waals surface area (Å²) in [5, 5.41) is 6.30. The van der Waals surface area contributed by atoms with Crippen molar-refractivity contribution in [3.05, 3.63) is 46.5 Å². The monoisotopic (exact) mass is 328 g/mol. The van der Waals surface area contributed by atoms with Crippen molar-refractivity contribution in [3.8, 4) is 0 Å². The molecule has 0 atom stereocenters. The minimum atomic E-state index is -0.367. The summed E-state index contributed by atoms with van der Waals surface area (Å²) < 4.78 is 1.39. The second-order valence-electron chi connectivity index (χ2n) is 6.30. The van der Waals surface area contributed by atoms with E-state index in [0.717, 1.165) is 6.54 Å². The molecule has 3 rings (SSSR count). The second-order valence-corrected chi connectivity index (χ2v) is 6.30. The summed E-state index contributed by atoms with van der Waals surface area (Å²) in [6, 6.07) is 5.84. The van der Waals surface area contributed by atoms with Crippen LogP contribution < -0.4 is 16.2 Å². The van der Waals surface area contributed by atoms with Crippen molar-refractivity contribution in [1.82, 2.24) is 20.0 Å². The average Bonchev–Trinajstić information content (AvgIpc) is 2.88. The van der Waals surface area contributed by atoms with Crippen molar-refractivity contribution >= 4 is 11.6 Å². The Bertz CT molecular complexity index is 748. The molecule has 1 aliphatic rings. The first kappa shape index (κ1) is 16.6. The van der Waals surface area contributed by atoms with Crippen molar-refractivity contribution < 1.29 is 4.79 Å². The Morgan fingerprint density at radius 2 is 1.96 bits per heavy atom. The molecule has 0 radical (unpaired) electrons. The maximum Gasteiger partial charge on any atom is 0.270 e. The first-order valence-electron chi connectivity index (χ1n) is 8.74. The molecule has 128 valence electrons. The molecule has 1 fully saturated rings. The van der Waals surface area contributed by atoms with E-state index in [2.05, 4.69) is 15.6 Å². The molecule has 0 spiro atoms. The Kier molecular flexibility index (Phi) is 5.59. The van der Waals surface area contributed by atoms with Gasteiger partial charge in [-0.25, -0.2) is 4.98 Å². The normalized spacial score (nSPS) is 16.0. The summed E-state index contributed by atoms with van der Waals surface area (Å²) in [4.78, 5) is 28.7. The van der Waals surface area contributed by atoms with Crippen LogP contribution in [-0.4, -0.2) is 34.4 Å². The van der Waals surface area contributed by atoms with Gasteiger partial charge in [-0.05, 0) is 25.0 Å². The largest absolute Gasteiger partial charge is 0.351 e. The van der Waals surface area contributed by atoms with Gasteiger partial charge in [-0.2, -0.15) is 0 Å². The highest BCUT2D eigenvalue weighted by atomic mass is 16.2. The number of nitrogens with one attached hydrogen (secondary N) is 2. The Morgan fingerprint density at radius 3 is 2.75 bits per heavy atom. The van der Waals surface area contributed by atoms with E-state index in [1.54, 1.807) is 24.4 Å². The molecule has 24 heavy (non-hydrogen) atoms. The molecule has 0 unspecified atom stereocenters. The number of aromatic nitrogens is 2. The van der Waals surface area contributed by atoms with Crippen LogP contribution in [0.2, 0.25) is 0 Å². The highest BCUT2D eigenvalue weighted by Crippen LogP contribution is 2.16. The van der Waals surface area contributed by atoms with Crippen LogP contribution in [0.15, 0.2) is 35.4 Å². The van der Waals surface area contributed by atoms with E-state index in [4.69, 9.17) is 0 Å². The fourth-order valence-corrected chi connectivity index (χ4v) is 3.21. The van der Waals surface area contributed by atoms with Gasteiger partial charge in [-0.1, -0.05) is 31.7 Å². The van der Waals surface area contributed by atoms with Gasteiger partial charge < -0.3 is 10.6 Å². The van der Waals surface area contributed by atoms with Gasteiger partial charge in [-0.15, -0.1) is 0 Å². The Morgan fingerprint density at radius 1 is 1.17 bits per heavy atom. The van der Waals surface area contributed by atoms with E-state index < -0.39 is 0 Å². The number of carbonyl (C=O) groups excluding carboxylic acids is 1. The number of fused-ring (bicyclic) bond motifs is 1. The Balaban J connectivity index is 1.53. The molecule has 2 aromatic rings. The van der Waals surface area contributed by atoms with Crippen LogP contribution in [0.3, 0.4) is 0 Å². The summed E-state index contributed by atoms with van der Waals surface area (Å²) in [6.45, 7) is 1.23. The molecule has 0 aliphatic heterocycles. The van der Waals surface area contributed by atoms with Crippen LogP contribution in [0.5, 0.6) is 0 Å². The Labute approximate surface area is 141 Å². The molecule has 6 heteroatoms. The lowest BCUT2D eigenvalue weighted by Crippen LogP contribution is -2.38. The molecular weight excluding hydrogens is 304 g/mol. The van der Waals surface area contributed by atoms with Crippen molar-refractivity contribution in [3.63, 3.8) is 0 Å². The van der Waals surface area contributed by atoms with Gasteiger partial charge >= 0.3 is 0 Å². The van der Waals surface area contributed by atoms with E-state index in [1.807, 2.05) is 0 Å². The summed E-state index contributed by atoms with van der Waals surface area (Å²) in [6.07, 6.45) is 10.6. The minimum absolute atomic E-state index is 0.0770. The number of hydrogen-bond donors (Lipinski definition) is 2. The summed E-state index contributed by atoms with van der Waals surface area (Å²) >= 11 is 0. The summed E-state index contributed by atoms with van der Waals surface area (Å²) in [5.41, 5.74) is 0.275. The highest BCUT2D eigenvalue weighted by Gasteiger charge is 2.14. The van der Waals surface area contributed by atoms with Gasteiger partial charge in [0.2, 0.25) is 0 Å².